The Balaban J connectivity index is 1.21. The molecular weight excluding hydrogens is 560 g/mol. The summed E-state index contributed by atoms with van der Waals surface area (Å²) in [6, 6.07) is 5.00. The fourth-order valence-electron chi connectivity index (χ4n) is 5.04. The maximum absolute atomic E-state index is 13.3. The van der Waals surface area contributed by atoms with Gasteiger partial charge in [-0.25, -0.2) is 4.98 Å². The molecule has 224 valence electrons. The van der Waals surface area contributed by atoms with Gasteiger partial charge in [-0.1, -0.05) is 0 Å². The van der Waals surface area contributed by atoms with Crippen molar-refractivity contribution in [3.8, 4) is 0 Å². The third kappa shape index (κ3) is 7.99. The first-order valence-electron chi connectivity index (χ1n) is 13.1. The quantitative estimate of drug-likeness (QED) is 0.258. The zero-order chi connectivity index (χ0) is 29.8. The van der Waals surface area contributed by atoms with Gasteiger partial charge in [-0.2, -0.15) is 26.3 Å². The number of nitrogens with zero attached hydrogens (tertiary/aromatic N) is 4. The number of aromatic nitrogens is 1. The minimum atomic E-state index is -4.86. The second kappa shape index (κ2) is 12.5. The molecule has 1 saturated heterocycles. The number of nitrogens with one attached hydrogen (secondary N) is 1. The minimum absolute atomic E-state index is 0.126. The molecule has 4 rings (SSSR count). The number of alkyl halides is 6. The molecule has 0 atom stereocenters. The first-order valence-corrected chi connectivity index (χ1v) is 13.1. The van der Waals surface area contributed by atoms with Crippen molar-refractivity contribution in [2.24, 2.45) is 0 Å². The van der Waals surface area contributed by atoms with Gasteiger partial charge in [0.1, 0.15) is 18.0 Å². The second-order valence-electron chi connectivity index (χ2n) is 10.0. The van der Waals surface area contributed by atoms with E-state index in [2.05, 4.69) is 10.3 Å². The van der Waals surface area contributed by atoms with E-state index in [1.807, 2.05) is 4.90 Å². The molecule has 1 amide bonds. The molecule has 9 nitrogen and oxygen atoms in total. The lowest BCUT2D eigenvalue weighted by Crippen LogP contribution is -2.39. The lowest BCUT2D eigenvalue weighted by molar-refractivity contribution is -0.388. The molecule has 0 radical (unpaired) electrons. The summed E-state index contributed by atoms with van der Waals surface area (Å²) in [7, 11) is 0. The Morgan fingerprint density at radius 1 is 1.00 bits per heavy atom. The van der Waals surface area contributed by atoms with E-state index in [1.54, 1.807) is 4.90 Å². The molecule has 15 heteroatoms. The molecule has 1 aromatic carbocycles. The highest BCUT2D eigenvalue weighted by Gasteiger charge is 2.38. The van der Waals surface area contributed by atoms with Crippen LogP contribution in [0, 0.1) is 10.1 Å². The number of carbonyl (C=O) groups excluding carboxylic acids is 1. The highest BCUT2D eigenvalue weighted by atomic mass is 19.4. The molecule has 41 heavy (non-hydrogen) atoms. The molecule has 2 aliphatic rings. The Morgan fingerprint density at radius 3 is 2.34 bits per heavy atom. The summed E-state index contributed by atoms with van der Waals surface area (Å²) in [4.78, 5) is 30.1. The zero-order valence-corrected chi connectivity index (χ0v) is 21.9. The number of amides is 1. The second-order valence-corrected chi connectivity index (χ2v) is 10.0. The summed E-state index contributed by atoms with van der Waals surface area (Å²) in [5, 5.41) is 14.0. The number of ether oxygens (including phenoxy) is 1. The Bertz CT molecular complexity index is 1220. The van der Waals surface area contributed by atoms with Gasteiger partial charge in [0.15, 0.2) is 0 Å². The van der Waals surface area contributed by atoms with Crippen LogP contribution in [0.4, 0.5) is 43.5 Å². The SMILES string of the molecule is O=C(COC1CCC(Nc2ccc([N+](=O)[O-])c(C(F)(F)F)c2)CC1)N1CCCN(c2ccc(C(F)(F)F)cn2)CC1. The van der Waals surface area contributed by atoms with Gasteiger partial charge >= 0.3 is 12.4 Å². The topological polar surface area (TPSA) is 101 Å². The third-order valence-corrected chi connectivity index (χ3v) is 7.23. The van der Waals surface area contributed by atoms with E-state index in [-0.39, 0.29) is 30.3 Å². The molecule has 1 saturated carbocycles. The molecule has 2 aromatic rings. The van der Waals surface area contributed by atoms with Crippen LogP contribution in [-0.2, 0) is 21.9 Å². The zero-order valence-electron chi connectivity index (χ0n) is 21.9. The maximum atomic E-state index is 13.3. The highest BCUT2D eigenvalue weighted by molar-refractivity contribution is 5.77. The van der Waals surface area contributed by atoms with E-state index >= 15 is 0 Å². The normalized spacial score (nSPS) is 20.4. The molecule has 1 aliphatic carbocycles. The summed E-state index contributed by atoms with van der Waals surface area (Å²) in [5.74, 6) is 0.218. The van der Waals surface area contributed by atoms with Gasteiger partial charge in [0.2, 0.25) is 5.91 Å². The van der Waals surface area contributed by atoms with Gasteiger partial charge in [-0.3, -0.25) is 14.9 Å². The van der Waals surface area contributed by atoms with Crippen LogP contribution in [0.3, 0.4) is 0 Å². The van der Waals surface area contributed by atoms with Crippen LogP contribution in [0.2, 0.25) is 0 Å². The molecule has 2 fully saturated rings. The smallest absolute Gasteiger partial charge is 0.382 e. The molecule has 1 aromatic heterocycles. The van der Waals surface area contributed by atoms with Crippen LogP contribution in [-0.4, -0.2) is 65.6 Å². The predicted molar refractivity (Wildman–Crippen MR) is 136 cm³/mol. The Hall–Kier alpha value is -3.62. The van der Waals surface area contributed by atoms with E-state index in [0.29, 0.717) is 64.1 Å². The summed E-state index contributed by atoms with van der Waals surface area (Å²) < 4.78 is 84.0. The monoisotopic (exact) mass is 589 g/mol. The van der Waals surface area contributed by atoms with Crippen LogP contribution in [0.1, 0.15) is 43.2 Å². The number of hydrogen-bond acceptors (Lipinski definition) is 7. The average Bonchev–Trinajstić information content (AvgIpc) is 3.18. The minimum Gasteiger partial charge on any atom is -0.382 e. The molecule has 1 N–H and O–H groups in total. The van der Waals surface area contributed by atoms with Crippen molar-refractivity contribution in [3.63, 3.8) is 0 Å². The first kappa shape index (κ1) is 30.3. The van der Waals surface area contributed by atoms with E-state index < -0.39 is 34.1 Å². The Labute approximate surface area is 231 Å². The summed E-state index contributed by atoms with van der Waals surface area (Å²) in [5.41, 5.74) is -2.99. The molecule has 2 heterocycles. The summed E-state index contributed by atoms with van der Waals surface area (Å²) in [6.07, 6.45) is -5.78. The van der Waals surface area contributed by atoms with Crippen LogP contribution in [0.15, 0.2) is 36.5 Å². The van der Waals surface area contributed by atoms with Gasteiger partial charge in [0.25, 0.3) is 5.69 Å². The lowest BCUT2D eigenvalue weighted by atomic mass is 9.92. The molecule has 1 aliphatic heterocycles. The maximum Gasteiger partial charge on any atom is 0.423 e. The number of nitro benzene ring substituents is 1. The highest BCUT2D eigenvalue weighted by Crippen LogP contribution is 2.38. The number of nitro groups is 1. The Kier molecular flexibility index (Phi) is 9.24. The van der Waals surface area contributed by atoms with Gasteiger partial charge in [0, 0.05) is 50.2 Å². The van der Waals surface area contributed by atoms with Gasteiger partial charge in [-0.05, 0) is 56.4 Å². The summed E-state index contributed by atoms with van der Waals surface area (Å²) >= 11 is 0. The number of rotatable bonds is 7. The lowest BCUT2D eigenvalue weighted by Gasteiger charge is -2.30. The van der Waals surface area contributed by atoms with E-state index in [0.717, 1.165) is 24.4 Å². The van der Waals surface area contributed by atoms with Crippen molar-refractivity contribution in [2.75, 3.05) is 43.0 Å². The molecule has 0 spiro atoms. The fraction of sp³-hybridized carbons (Fsp3) is 0.538. The predicted octanol–water partition coefficient (Wildman–Crippen LogP) is 5.51. The van der Waals surface area contributed by atoms with Crippen LogP contribution in [0.25, 0.3) is 0 Å². The number of hydrogen-bond donors (Lipinski definition) is 1. The standard InChI is InChI=1S/C26H29F6N5O4/c27-25(28,29)17-2-9-23(33-15-17)35-10-1-11-36(13-12-35)24(38)16-41-20-6-3-18(4-7-20)34-19-5-8-22(37(39)40)21(14-19)26(30,31)32/h2,5,8-9,14-15,18,20,34H,1,3-4,6-7,10-13,16H2. The van der Waals surface area contributed by atoms with Crippen molar-refractivity contribution in [3.05, 3.63) is 57.8 Å². The molecule has 0 unspecified atom stereocenters. The number of anilines is 2. The Morgan fingerprint density at radius 2 is 1.73 bits per heavy atom. The third-order valence-electron chi connectivity index (χ3n) is 7.23. The van der Waals surface area contributed by atoms with Crippen LogP contribution >= 0.6 is 0 Å². The van der Waals surface area contributed by atoms with Gasteiger partial charge < -0.3 is 19.9 Å². The van der Waals surface area contributed by atoms with Crippen LogP contribution in [0.5, 0.6) is 0 Å². The van der Waals surface area contributed by atoms with Crippen molar-refractivity contribution < 1.29 is 40.8 Å². The van der Waals surface area contributed by atoms with Crippen molar-refractivity contribution in [1.29, 1.82) is 0 Å². The van der Waals surface area contributed by atoms with E-state index in [9.17, 15) is 41.3 Å². The van der Waals surface area contributed by atoms with Gasteiger partial charge in [-0.15, -0.1) is 0 Å². The van der Waals surface area contributed by atoms with Crippen molar-refractivity contribution in [2.45, 2.75) is 56.6 Å². The molecule has 0 bridgehead atoms. The number of benzene rings is 1. The number of carbonyl (C=O) groups is 1. The molecular formula is C26H29F6N5O4. The van der Waals surface area contributed by atoms with Crippen molar-refractivity contribution >= 4 is 23.1 Å². The van der Waals surface area contributed by atoms with E-state index in [1.165, 1.54) is 12.1 Å². The fourth-order valence-corrected chi connectivity index (χ4v) is 5.04. The van der Waals surface area contributed by atoms with Gasteiger partial charge in [0.05, 0.1) is 16.6 Å². The number of halogens is 6. The number of pyridine rings is 1. The van der Waals surface area contributed by atoms with E-state index in [4.69, 9.17) is 4.74 Å². The first-order chi connectivity index (χ1) is 19.3. The van der Waals surface area contributed by atoms with Crippen LogP contribution < -0.4 is 10.2 Å². The largest absolute Gasteiger partial charge is 0.423 e. The summed E-state index contributed by atoms with van der Waals surface area (Å²) in [6.45, 7) is 1.68. The average molecular weight is 590 g/mol. The van der Waals surface area contributed by atoms with Crippen molar-refractivity contribution in [1.82, 2.24) is 9.88 Å².